The predicted octanol–water partition coefficient (Wildman–Crippen LogP) is 1.79. The third-order valence-corrected chi connectivity index (χ3v) is 1.95. The lowest BCUT2D eigenvalue weighted by atomic mass is 9.88. The molecule has 2 N–H and O–H groups in total. The SMILES string of the molecule is CCC(N)(COC)CC(C)C. The third kappa shape index (κ3) is 4.38. The highest BCUT2D eigenvalue weighted by Crippen LogP contribution is 2.17. The van der Waals surface area contributed by atoms with Crippen LogP contribution in [0, 0.1) is 5.92 Å². The first-order valence-corrected chi connectivity index (χ1v) is 4.32. The van der Waals surface area contributed by atoms with E-state index in [2.05, 4.69) is 20.8 Å². The lowest BCUT2D eigenvalue weighted by Gasteiger charge is -2.28. The zero-order valence-electron chi connectivity index (χ0n) is 8.18. The van der Waals surface area contributed by atoms with Gasteiger partial charge in [-0.15, -0.1) is 0 Å². The van der Waals surface area contributed by atoms with Gasteiger partial charge in [0, 0.05) is 12.6 Å². The van der Waals surface area contributed by atoms with Crippen molar-refractivity contribution in [2.75, 3.05) is 13.7 Å². The molecular weight excluding hydrogens is 138 g/mol. The maximum absolute atomic E-state index is 6.08. The van der Waals surface area contributed by atoms with E-state index in [1.807, 2.05) is 0 Å². The van der Waals surface area contributed by atoms with Crippen molar-refractivity contribution < 1.29 is 4.74 Å². The van der Waals surface area contributed by atoms with Crippen molar-refractivity contribution in [3.63, 3.8) is 0 Å². The van der Waals surface area contributed by atoms with E-state index in [-0.39, 0.29) is 5.54 Å². The lowest BCUT2D eigenvalue weighted by Crippen LogP contribution is -2.44. The Morgan fingerprint density at radius 2 is 2.00 bits per heavy atom. The van der Waals surface area contributed by atoms with Crippen LogP contribution in [-0.2, 0) is 4.74 Å². The normalized spacial score (nSPS) is 16.9. The summed E-state index contributed by atoms with van der Waals surface area (Å²) in [6, 6.07) is 0. The first kappa shape index (κ1) is 10.9. The fourth-order valence-electron chi connectivity index (χ4n) is 1.41. The van der Waals surface area contributed by atoms with E-state index in [1.165, 1.54) is 0 Å². The summed E-state index contributed by atoms with van der Waals surface area (Å²) in [5, 5.41) is 0. The Balaban J connectivity index is 3.87. The molecule has 0 spiro atoms. The van der Waals surface area contributed by atoms with Crippen molar-refractivity contribution in [3.05, 3.63) is 0 Å². The maximum Gasteiger partial charge on any atom is 0.0642 e. The Morgan fingerprint density at radius 3 is 2.27 bits per heavy atom. The van der Waals surface area contributed by atoms with Gasteiger partial charge in [-0.2, -0.15) is 0 Å². The van der Waals surface area contributed by atoms with Crippen molar-refractivity contribution in [1.82, 2.24) is 0 Å². The summed E-state index contributed by atoms with van der Waals surface area (Å²) in [7, 11) is 1.71. The van der Waals surface area contributed by atoms with E-state index in [9.17, 15) is 0 Å². The van der Waals surface area contributed by atoms with Gasteiger partial charge in [-0.05, 0) is 18.8 Å². The Hall–Kier alpha value is -0.0800. The van der Waals surface area contributed by atoms with Crippen LogP contribution in [0.5, 0.6) is 0 Å². The summed E-state index contributed by atoms with van der Waals surface area (Å²) in [5.74, 6) is 0.648. The van der Waals surface area contributed by atoms with E-state index < -0.39 is 0 Å². The molecule has 0 rings (SSSR count). The van der Waals surface area contributed by atoms with Crippen molar-refractivity contribution in [2.24, 2.45) is 11.7 Å². The third-order valence-electron chi connectivity index (χ3n) is 1.95. The van der Waals surface area contributed by atoms with Gasteiger partial charge in [0.25, 0.3) is 0 Å². The van der Waals surface area contributed by atoms with Gasteiger partial charge in [-0.3, -0.25) is 0 Å². The molecule has 1 atom stereocenters. The number of rotatable bonds is 5. The summed E-state index contributed by atoms with van der Waals surface area (Å²) in [4.78, 5) is 0. The van der Waals surface area contributed by atoms with Crippen LogP contribution in [0.15, 0.2) is 0 Å². The molecule has 0 aromatic carbocycles. The first-order valence-electron chi connectivity index (χ1n) is 4.32. The van der Waals surface area contributed by atoms with E-state index in [4.69, 9.17) is 10.5 Å². The highest BCUT2D eigenvalue weighted by Gasteiger charge is 2.23. The molecule has 0 aliphatic carbocycles. The van der Waals surface area contributed by atoms with Crippen LogP contribution in [0.4, 0.5) is 0 Å². The Morgan fingerprint density at radius 1 is 1.45 bits per heavy atom. The van der Waals surface area contributed by atoms with E-state index in [0.29, 0.717) is 12.5 Å². The van der Waals surface area contributed by atoms with Crippen LogP contribution >= 0.6 is 0 Å². The maximum atomic E-state index is 6.08. The van der Waals surface area contributed by atoms with Gasteiger partial charge < -0.3 is 10.5 Å². The van der Waals surface area contributed by atoms with Crippen LogP contribution in [-0.4, -0.2) is 19.3 Å². The zero-order chi connectivity index (χ0) is 8.91. The Bertz CT molecular complexity index is 104. The standard InChI is InChI=1S/C9H21NO/c1-5-9(10,7-11-4)6-8(2)3/h8H,5-7,10H2,1-4H3. The molecule has 0 aliphatic heterocycles. The largest absolute Gasteiger partial charge is 0.383 e. The monoisotopic (exact) mass is 159 g/mol. The van der Waals surface area contributed by atoms with Crippen LogP contribution in [0.1, 0.15) is 33.6 Å². The number of hydrogen-bond acceptors (Lipinski definition) is 2. The fourth-order valence-corrected chi connectivity index (χ4v) is 1.41. The van der Waals surface area contributed by atoms with E-state index in [0.717, 1.165) is 12.8 Å². The van der Waals surface area contributed by atoms with Gasteiger partial charge in [0.1, 0.15) is 0 Å². The van der Waals surface area contributed by atoms with Crippen LogP contribution < -0.4 is 5.73 Å². The molecule has 0 saturated carbocycles. The van der Waals surface area contributed by atoms with Gasteiger partial charge >= 0.3 is 0 Å². The average molecular weight is 159 g/mol. The molecule has 2 heteroatoms. The molecule has 0 saturated heterocycles. The molecule has 0 aliphatic rings. The molecule has 11 heavy (non-hydrogen) atoms. The minimum atomic E-state index is -0.108. The molecule has 0 bridgehead atoms. The summed E-state index contributed by atoms with van der Waals surface area (Å²) in [6.07, 6.45) is 2.02. The molecule has 0 aromatic rings. The number of methoxy groups -OCH3 is 1. The van der Waals surface area contributed by atoms with Gasteiger partial charge in [-0.25, -0.2) is 0 Å². The highest BCUT2D eigenvalue weighted by atomic mass is 16.5. The summed E-state index contributed by atoms with van der Waals surface area (Å²) < 4.78 is 5.07. The number of hydrogen-bond donors (Lipinski definition) is 1. The lowest BCUT2D eigenvalue weighted by molar-refractivity contribution is 0.116. The van der Waals surface area contributed by atoms with Crippen LogP contribution in [0.25, 0.3) is 0 Å². The topological polar surface area (TPSA) is 35.2 Å². The smallest absolute Gasteiger partial charge is 0.0642 e. The number of nitrogens with two attached hydrogens (primary N) is 1. The summed E-state index contributed by atoms with van der Waals surface area (Å²) >= 11 is 0. The van der Waals surface area contributed by atoms with Crippen molar-refractivity contribution in [2.45, 2.75) is 39.2 Å². The molecule has 0 amide bonds. The fraction of sp³-hybridized carbons (Fsp3) is 1.00. The second-order valence-corrected chi connectivity index (χ2v) is 3.75. The van der Waals surface area contributed by atoms with Gasteiger partial charge in [0.15, 0.2) is 0 Å². The minimum absolute atomic E-state index is 0.108. The summed E-state index contributed by atoms with van der Waals surface area (Å²) in [5.41, 5.74) is 5.98. The molecule has 0 radical (unpaired) electrons. The van der Waals surface area contributed by atoms with E-state index in [1.54, 1.807) is 7.11 Å². The van der Waals surface area contributed by atoms with Crippen LogP contribution in [0.3, 0.4) is 0 Å². The Labute approximate surface area is 70.1 Å². The second kappa shape index (κ2) is 4.73. The predicted molar refractivity (Wildman–Crippen MR) is 48.5 cm³/mol. The van der Waals surface area contributed by atoms with Gasteiger partial charge in [0.2, 0.25) is 0 Å². The quantitative estimate of drug-likeness (QED) is 0.663. The van der Waals surface area contributed by atoms with Crippen LogP contribution in [0.2, 0.25) is 0 Å². The molecule has 68 valence electrons. The first-order chi connectivity index (χ1) is 5.04. The highest BCUT2D eigenvalue weighted by molar-refractivity contribution is 4.83. The van der Waals surface area contributed by atoms with Gasteiger partial charge in [-0.1, -0.05) is 20.8 Å². The van der Waals surface area contributed by atoms with Gasteiger partial charge in [0.05, 0.1) is 6.61 Å². The molecule has 1 unspecified atom stereocenters. The number of ether oxygens (including phenoxy) is 1. The second-order valence-electron chi connectivity index (χ2n) is 3.75. The summed E-state index contributed by atoms with van der Waals surface area (Å²) in [6.45, 7) is 7.16. The molecule has 0 heterocycles. The zero-order valence-corrected chi connectivity index (χ0v) is 8.18. The van der Waals surface area contributed by atoms with E-state index >= 15 is 0 Å². The molecule has 2 nitrogen and oxygen atoms in total. The van der Waals surface area contributed by atoms with Crippen molar-refractivity contribution in [3.8, 4) is 0 Å². The minimum Gasteiger partial charge on any atom is -0.383 e. The Kier molecular flexibility index (Phi) is 4.69. The van der Waals surface area contributed by atoms with Crippen molar-refractivity contribution >= 4 is 0 Å². The molecular formula is C9H21NO. The van der Waals surface area contributed by atoms with Crippen molar-refractivity contribution in [1.29, 1.82) is 0 Å². The molecule has 0 fully saturated rings. The average Bonchev–Trinajstić information content (AvgIpc) is 1.87. The molecule has 0 aromatic heterocycles.